The van der Waals surface area contributed by atoms with Gasteiger partial charge in [-0.3, -0.25) is 0 Å². The van der Waals surface area contributed by atoms with E-state index in [1.165, 1.54) is 19.3 Å². The van der Waals surface area contributed by atoms with Crippen LogP contribution < -0.4 is 10.5 Å². The van der Waals surface area contributed by atoms with Gasteiger partial charge < -0.3 is 20.5 Å². The first-order chi connectivity index (χ1) is 9.70. The molecule has 0 amide bonds. The number of nitrogens with two attached hydrogens (primary N) is 1. The molecule has 5 heteroatoms. The molecule has 1 aliphatic rings. The Labute approximate surface area is 120 Å². The van der Waals surface area contributed by atoms with Crippen LogP contribution in [0.4, 0.5) is 0 Å². The van der Waals surface area contributed by atoms with Crippen molar-refractivity contribution in [3.63, 3.8) is 0 Å². The van der Waals surface area contributed by atoms with Crippen molar-refractivity contribution in [2.75, 3.05) is 19.7 Å². The second-order valence-corrected chi connectivity index (χ2v) is 4.96. The zero-order valence-corrected chi connectivity index (χ0v) is 12.0. The van der Waals surface area contributed by atoms with E-state index in [0.717, 1.165) is 18.7 Å². The molecule has 3 N–H and O–H groups in total. The summed E-state index contributed by atoms with van der Waals surface area (Å²) in [6, 6.07) is 5.28. The third-order valence-corrected chi connectivity index (χ3v) is 3.43. The number of aliphatic imine (C=N–C) groups is 1. The summed E-state index contributed by atoms with van der Waals surface area (Å²) in [5, 5.41) is 9.65. The molecule has 1 heterocycles. The maximum atomic E-state index is 9.65. The lowest BCUT2D eigenvalue weighted by Crippen LogP contribution is -2.40. The summed E-state index contributed by atoms with van der Waals surface area (Å²) < 4.78 is 5.36. The first kappa shape index (κ1) is 14.5. The number of phenolic OH excluding ortho intramolecular Hbond substituents is 1. The molecular formula is C15H23N3O2. The number of nitrogens with zero attached hydrogens (tertiary/aromatic N) is 2. The lowest BCUT2D eigenvalue weighted by atomic mass is 10.1. The van der Waals surface area contributed by atoms with Crippen molar-refractivity contribution in [1.29, 1.82) is 0 Å². The van der Waals surface area contributed by atoms with Gasteiger partial charge >= 0.3 is 0 Å². The number of rotatable bonds is 4. The molecule has 1 saturated heterocycles. The van der Waals surface area contributed by atoms with Crippen LogP contribution in [0.25, 0.3) is 0 Å². The van der Waals surface area contributed by atoms with Gasteiger partial charge in [0.2, 0.25) is 0 Å². The lowest BCUT2D eigenvalue weighted by Gasteiger charge is -2.27. The first-order valence-electron chi connectivity index (χ1n) is 7.20. The van der Waals surface area contributed by atoms with Gasteiger partial charge in [-0.05, 0) is 43.9 Å². The van der Waals surface area contributed by atoms with Crippen molar-refractivity contribution in [2.24, 2.45) is 10.7 Å². The fourth-order valence-corrected chi connectivity index (χ4v) is 2.32. The van der Waals surface area contributed by atoms with E-state index in [1.54, 1.807) is 6.07 Å². The molecule has 1 aromatic rings. The van der Waals surface area contributed by atoms with Crippen LogP contribution >= 0.6 is 0 Å². The van der Waals surface area contributed by atoms with E-state index in [0.29, 0.717) is 24.9 Å². The molecular weight excluding hydrogens is 254 g/mol. The molecule has 0 atom stereocenters. The number of benzene rings is 1. The summed E-state index contributed by atoms with van der Waals surface area (Å²) in [6.45, 7) is 4.90. The average molecular weight is 277 g/mol. The molecule has 1 aliphatic heterocycles. The van der Waals surface area contributed by atoms with Crippen LogP contribution in [0.5, 0.6) is 11.5 Å². The smallest absolute Gasteiger partial charge is 0.191 e. The van der Waals surface area contributed by atoms with Crippen LogP contribution in [0.1, 0.15) is 31.7 Å². The van der Waals surface area contributed by atoms with E-state index in [1.807, 2.05) is 19.1 Å². The van der Waals surface area contributed by atoms with Gasteiger partial charge in [-0.2, -0.15) is 0 Å². The minimum atomic E-state index is 0.156. The van der Waals surface area contributed by atoms with Crippen molar-refractivity contribution in [1.82, 2.24) is 4.90 Å². The van der Waals surface area contributed by atoms with E-state index in [2.05, 4.69) is 9.89 Å². The number of hydrogen-bond acceptors (Lipinski definition) is 3. The Morgan fingerprint density at radius 3 is 2.80 bits per heavy atom. The zero-order valence-electron chi connectivity index (χ0n) is 12.0. The van der Waals surface area contributed by atoms with E-state index in [9.17, 15) is 5.11 Å². The Bertz CT molecular complexity index is 468. The second-order valence-electron chi connectivity index (χ2n) is 4.96. The van der Waals surface area contributed by atoms with Gasteiger partial charge in [0, 0.05) is 13.1 Å². The Balaban J connectivity index is 2.00. The first-order valence-corrected chi connectivity index (χ1v) is 7.20. The molecule has 0 bridgehead atoms. The topological polar surface area (TPSA) is 71.1 Å². The fraction of sp³-hybridized carbons (Fsp3) is 0.533. The van der Waals surface area contributed by atoms with Crippen LogP contribution in [0.2, 0.25) is 0 Å². The van der Waals surface area contributed by atoms with Crippen molar-refractivity contribution in [3.05, 3.63) is 23.8 Å². The molecule has 0 unspecified atom stereocenters. The van der Waals surface area contributed by atoms with Crippen LogP contribution in [-0.4, -0.2) is 35.7 Å². The molecule has 20 heavy (non-hydrogen) atoms. The molecule has 1 fully saturated rings. The van der Waals surface area contributed by atoms with Gasteiger partial charge in [-0.25, -0.2) is 4.99 Å². The quantitative estimate of drug-likeness (QED) is 0.653. The van der Waals surface area contributed by atoms with Gasteiger partial charge in [0.1, 0.15) is 0 Å². The Hall–Kier alpha value is -1.91. The minimum absolute atomic E-state index is 0.156. The summed E-state index contributed by atoms with van der Waals surface area (Å²) in [5.74, 6) is 1.26. The molecule has 0 spiro atoms. The highest BCUT2D eigenvalue weighted by molar-refractivity contribution is 5.78. The van der Waals surface area contributed by atoms with Crippen LogP contribution in [0, 0.1) is 0 Å². The van der Waals surface area contributed by atoms with Gasteiger partial charge in [0.25, 0.3) is 0 Å². The highest BCUT2D eigenvalue weighted by atomic mass is 16.5. The predicted molar refractivity (Wildman–Crippen MR) is 80.0 cm³/mol. The van der Waals surface area contributed by atoms with E-state index in [-0.39, 0.29) is 5.75 Å². The maximum absolute atomic E-state index is 9.65. The zero-order chi connectivity index (χ0) is 14.4. The van der Waals surface area contributed by atoms with Gasteiger partial charge in [0.05, 0.1) is 13.2 Å². The standard InChI is InChI=1S/C15H23N3O2/c1-2-20-14-10-12(6-7-13(14)19)11-17-15(16)18-8-4-3-5-9-18/h6-7,10,19H,2-5,8-9,11H2,1H3,(H2,16,17). The number of phenols is 1. The van der Waals surface area contributed by atoms with Crippen LogP contribution in [-0.2, 0) is 6.54 Å². The van der Waals surface area contributed by atoms with E-state index >= 15 is 0 Å². The highest BCUT2D eigenvalue weighted by Crippen LogP contribution is 2.27. The van der Waals surface area contributed by atoms with E-state index < -0.39 is 0 Å². The second kappa shape index (κ2) is 7.03. The van der Waals surface area contributed by atoms with E-state index in [4.69, 9.17) is 10.5 Å². The molecule has 1 aromatic carbocycles. The van der Waals surface area contributed by atoms with Crippen LogP contribution in [0.3, 0.4) is 0 Å². The number of aromatic hydroxyl groups is 1. The number of guanidine groups is 1. The average Bonchev–Trinajstić information content (AvgIpc) is 2.49. The fourth-order valence-electron chi connectivity index (χ4n) is 2.32. The Morgan fingerprint density at radius 2 is 2.10 bits per heavy atom. The van der Waals surface area contributed by atoms with Crippen LogP contribution in [0.15, 0.2) is 23.2 Å². The predicted octanol–water partition coefficient (Wildman–Crippen LogP) is 2.09. The molecule has 0 aliphatic carbocycles. The number of likely N-dealkylation sites (tertiary alicyclic amines) is 1. The third-order valence-electron chi connectivity index (χ3n) is 3.43. The van der Waals surface area contributed by atoms with Gasteiger partial charge in [0.15, 0.2) is 17.5 Å². The summed E-state index contributed by atoms with van der Waals surface area (Å²) >= 11 is 0. The molecule has 0 aromatic heterocycles. The molecule has 0 saturated carbocycles. The van der Waals surface area contributed by atoms with Gasteiger partial charge in [-0.1, -0.05) is 6.07 Å². The number of hydrogen-bond donors (Lipinski definition) is 2. The molecule has 2 rings (SSSR count). The van der Waals surface area contributed by atoms with Gasteiger partial charge in [-0.15, -0.1) is 0 Å². The monoisotopic (exact) mass is 277 g/mol. The van der Waals surface area contributed by atoms with Crippen molar-refractivity contribution in [3.8, 4) is 11.5 Å². The Morgan fingerprint density at radius 1 is 1.35 bits per heavy atom. The highest BCUT2D eigenvalue weighted by Gasteiger charge is 2.11. The summed E-state index contributed by atoms with van der Waals surface area (Å²) in [5.41, 5.74) is 7.00. The normalized spacial score (nSPS) is 16.2. The van der Waals surface area contributed by atoms with Crippen molar-refractivity contribution >= 4 is 5.96 Å². The number of piperidine rings is 1. The SMILES string of the molecule is CCOc1cc(CN=C(N)N2CCCCC2)ccc1O. The Kier molecular flexibility index (Phi) is 5.09. The third kappa shape index (κ3) is 3.79. The molecule has 5 nitrogen and oxygen atoms in total. The minimum Gasteiger partial charge on any atom is -0.504 e. The molecule has 0 radical (unpaired) electrons. The summed E-state index contributed by atoms with van der Waals surface area (Å²) in [6.07, 6.45) is 3.65. The summed E-state index contributed by atoms with van der Waals surface area (Å²) in [4.78, 5) is 6.56. The lowest BCUT2D eigenvalue weighted by molar-refractivity contribution is 0.317. The number of ether oxygens (including phenoxy) is 1. The van der Waals surface area contributed by atoms with Crippen molar-refractivity contribution in [2.45, 2.75) is 32.7 Å². The maximum Gasteiger partial charge on any atom is 0.191 e. The largest absolute Gasteiger partial charge is 0.504 e. The van der Waals surface area contributed by atoms with Crippen molar-refractivity contribution < 1.29 is 9.84 Å². The summed E-state index contributed by atoms with van der Waals surface area (Å²) in [7, 11) is 0. The molecule has 110 valence electrons.